The Morgan fingerprint density at radius 1 is 1.44 bits per heavy atom. The highest BCUT2D eigenvalue weighted by molar-refractivity contribution is 5.64. The summed E-state index contributed by atoms with van der Waals surface area (Å²) in [5.74, 6) is 0. The number of nitro groups is 1. The van der Waals surface area contributed by atoms with Crippen LogP contribution in [0.4, 0.5) is 17.1 Å². The topological polar surface area (TPSA) is 58.4 Å². The van der Waals surface area contributed by atoms with Crippen molar-refractivity contribution in [3.63, 3.8) is 0 Å². The van der Waals surface area contributed by atoms with E-state index in [2.05, 4.69) is 12.2 Å². The van der Waals surface area contributed by atoms with Crippen LogP contribution in [0.25, 0.3) is 0 Å². The maximum Gasteiger partial charge on any atom is 0.273 e. The molecule has 1 N–H and O–H groups in total. The van der Waals surface area contributed by atoms with Crippen molar-refractivity contribution in [2.75, 3.05) is 30.9 Å². The Kier molecular flexibility index (Phi) is 4.10. The SMILES string of the molecule is CCCN(C)c1cc(NC)cc([N+](=O)[O-])c1. The number of hydrogen-bond donors (Lipinski definition) is 1. The number of nitro benzene ring substituents is 1. The summed E-state index contributed by atoms with van der Waals surface area (Å²) in [6.45, 7) is 2.96. The molecule has 0 aliphatic heterocycles. The van der Waals surface area contributed by atoms with Crippen molar-refractivity contribution >= 4 is 17.1 Å². The Morgan fingerprint density at radius 2 is 2.12 bits per heavy atom. The lowest BCUT2D eigenvalue weighted by atomic mass is 10.2. The number of hydrogen-bond acceptors (Lipinski definition) is 4. The fraction of sp³-hybridized carbons (Fsp3) is 0.455. The molecule has 0 spiro atoms. The van der Waals surface area contributed by atoms with Gasteiger partial charge in [0.05, 0.1) is 4.92 Å². The molecule has 0 atom stereocenters. The maximum atomic E-state index is 10.8. The highest BCUT2D eigenvalue weighted by Gasteiger charge is 2.11. The fourth-order valence-corrected chi connectivity index (χ4v) is 1.53. The largest absolute Gasteiger partial charge is 0.388 e. The number of non-ortho nitro benzene ring substituents is 1. The fourth-order valence-electron chi connectivity index (χ4n) is 1.53. The van der Waals surface area contributed by atoms with Crippen molar-refractivity contribution in [2.24, 2.45) is 0 Å². The monoisotopic (exact) mass is 223 g/mol. The smallest absolute Gasteiger partial charge is 0.273 e. The van der Waals surface area contributed by atoms with Crippen molar-refractivity contribution in [1.29, 1.82) is 0 Å². The summed E-state index contributed by atoms with van der Waals surface area (Å²) in [4.78, 5) is 12.4. The van der Waals surface area contributed by atoms with Crippen LogP contribution in [0.2, 0.25) is 0 Å². The van der Waals surface area contributed by atoms with Gasteiger partial charge >= 0.3 is 0 Å². The van der Waals surface area contributed by atoms with Gasteiger partial charge < -0.3 is 10.2 Å². The van der Waals surface area contributed by atoms with Gasteiger partial charge in [0, 0.05) is 44.1 Å². The molecule has 1 aromatic carbocycles. The third-order valence-corrected chi connectivity index (χ3v) is 2.40. The van der Waals surface area contributed by atoms with E-state index in [9.17, 15) is 10.1 Å². The highest BCUT2D eigenvalue weighted by atomic mass is 16.6. The number of anilines is 2. The summed E-state index contributed by atoms with van der Waals surface area (Å²) in [7, 11) is 3.69. The molecule has 1 rings (SSSR count). The molecule has 0 unspecified atom stereocenters. The molecule has 1 aromatic rings. The second-order valence-electron chi connectivity index (χ2n) is 3.67. The molecular formula is C11H17N3O2. The van der Waals surface area contributed by atoms with E-state index >= 15 is 0 Å². The average Bonchev–Trinajstić information content (AvgIpc) is 2.28. The first-order valence-electron chi connectivity index (χ1n) is 5.26. The van der Waals surface area contributed by atoms with Crippen LogP contribution in [0, 0.1) is 10.1 Å². The molecule has 0 heterocycles. The van der Waals surface area contributed by atoms with Crippen molar-refractivity contribution in [3.8, 4) is 0 Å². The van der Waals surface area contributed by atoms with E-state index in [1.807, 2.05) is 18.0 Å². The standard InChI is InChI=1S/C11H17N3O2/c1-4-5-13(3)10-6-9(12-2)7-11(8-10)14(15)16/h6-8,12H,4-5H2,1-3H3. The minimum atomic E-state index is -0.371. The predicted molar refractivity (Wildman–Crippen MR) is 66.2 cm³/mol. The number of benzene rings is 1. The van der Waals surface area contributed by atoms with Crippen LogP contribution < -0.4 is 10.2 Å². The molecule has 0 saturated carbocycles. The van der Waals surface area contributed by atoms with Gasteiger partial charge in [-0.2, -0.15) is 0 Å². The molecule has 0 aliphatic rings. The van der Waals surface area contributed by atoms with Crippen LogP contribution in [0.15, 0.2) is 18.2 Å². The van der Waals surface area contributed by atoms with Crippen LogP contribution in [-0.2, 0) is 0 Å². The van der Waals surface area contributed by atoms with E-state index in [1.54, 1.807) is 13.1 Å². The zero-order chi connectivity index (χ0) is 12.1. The van der Waals surface area contributed by atoms with Gasteiger partial charge in [0.15, 0.2) is 0 Å². The van der Waals surface area contributed by atoms with Gasteiger partial charge in [0.1, 0.15) is 0 Å². The Bertz CT molecular complexity index is 379. The molecule has 0 bridgehead atoms. The number of nitrogens with one attached hydrogen (secondary N) is 1. The first-order chi connectivity index (χ1) is 7.58. The molecule has 0 radical (unpaired) electrons. The molecule has 16 heavy (non-hydrogen) atoms. The molecule has 0 aromatic heterocycles. The van der Waals surface area contributed by atoms with Gasteiger partial charge in [-0.15, -0.1) is 0 Å². The van der Waals surface area contributed by atoms with Gasteiger partial charge in [0.25, 0.3) is 5.69 Å². The average molecular weight is 223 g/mol. The van der Waals surface area contributed by atoms with Crippen molar-refractivity contribution in [3.05, 3.63) is 28.3 Å². The molecular weight excluding hydrogens is 206 g/mol. The third-order valence-electron chi connectivity index (χ3n) is 2.40. The van der Waals surface area contributed by atoms with E-state index in [0.29, 0.717) is 0 Å². The molecule has 88 valence electrons. The second kappa shape index (κ2) is 5.34. The van der Waals surface area contributed by atoms with Crippen LogP contribution in [0.3, 0.4) is 0 Å². The summed E-state index contributed by atoms with van der Waals surface area (Å²) in [5, 5.41) is 13.7. The van der Waals surface area contributed by atoms with E-state index in [-0.39, 0.29) is 10.6 Å². The molecule has 0 amide bonds. The first-order valence-corrected chi connectivity index (χ1v) is 5.26. The van der Waals surface area contributed by atoms with Crippen LogP contribution >= 0.6 is 0 Å². The van der Waals surface area contributed by atoms with Crippen LogP contribution in [0.1, 0.15) is 13.3 Å². The zero-order valence-electron chi connectivity index (χ0n) is 9.86. The van der Waals surface area contributed by atoms with Crippen LogP contribution in [-0.4, -0.2) is 25.6 Å². The summed E-state index contributed by atoms with van der Waals surface area (Å²) >= 11 is 0. The van der Waals surface area contributed by atoms with Gasteiger partial charge in [-0.3, -0.25) is 10.1 Å². The Labute approximate surface area is 95.2 Å². The summed E-state index contributed by atoms with van der Waals surface area (Å²) in [5.41, 5.74) is 1.73. The third kappa shape index (κ3) is 2.85. The van der Waals surface area contributed by atoms with Crippen LogP contribution in [0.5, 0.6) is 0 Å². The van der Waals surface area contributed by atoms with E-state index in [0.717, 1.165) is 24.3 Å². The summed E-state index contributed by atoms with van der Waals surface area (Å²) in [6.07, 6.45) is 1.01. The minimum absolute atomic E-state index is 0.116. The lowest BCUT2D eigenvalue weighted by molar-refractivity contribution is -0.384. The molecule has 0 saturated heterocycles. The highest BCUT2D eigenvalue weighted by Crippen LogP contribution is 2.26. The van der Waals surface area contributed by atoms with Crippen molar-refractivity contribution in [1.82, 2.24) is 0 Å². The van der Waals surface area contributed by atoms with Gasteiger partial charge in [-0.1, -0.05) is 6.92 Å². The number of nitrogens with zero attached hydrogens (tertiary/aromatic N) is 2. The Morgan fingerprint density at radius 3 is 2.62 bits per heavy atom. The molecule has 0 aliphatic carbocycles. The Balaban J connectivity index is 3.08. The van der Waals surface area contributed by atoms with Crippen molar-refractivity contribution < 1.29 is 4.92 Å². The van der Waals surface area contributed by atoms with Crippen molar-refractivity contribution in [2.45, 2.75) is 13.3 Å². The quantitative estimate of drug-likeness (QED) is 0.615. The maximum absolute atomic E-state index is 10.8. The normalized spacial score (nSPS) is 9.94. The second-order valence-corrected chi connectivity index (χ2v) is 3.67. The van der Waals surface area contributed by atoms with Gasteiger partial charge in [-0.25, -0.2) is 0 Å². The molecule has 5 heteroatoms. The summed E-state index contributed by atoms with van der Waals surface area (Å²) in [6, 6.07) is 5.03. The van der Waals surface area contributed by atoms with E-state index in [4.69, 9.17) is 0 Å². The van der Waals surface area contributed by atoms with Gasteiger partial charge in [-0.05, 0) is 12.5 Å². The summed E-state index contributed by atoms with van der Waals surface area (Å²) < 4.78 is 0. The molecule has 0 fully saturated rings. The van der Waals surface area contributed by atoms with E-state index in [1.165, 1.54) is 6.07 Å². The van der Waals surface area contributed by atoms with E-state index < -0.39 is 0 Å². The number of rotatable bonds is 5. The predicted octanol–water partition coefficient (Wildman–Crippen LogP) is 2.48. The molecule has 5 nitrogen and oxygen atoms in total. The minimum Gasteiger partial charge on any atom is -0.388 e. The lowest BCUT2D eigenvalue weighted by Gasteiger charge is -2.18. The lowest BCUT2D eigenvalue weighted by Crippen LogP contribution is -2.17. The van der Waals surface area contributed by atoms with Gasteiger partial charge in [0.2, 0.25) is 0 Å². The Hall–Kier alpha value is -1.78. The zero-order valence-corrected chi connectivity index (χ0v) is 9.86. The first kappa shape index (κ1) is 12.3.